The highest BCUT2D eigenvalue weighted by Crippen LogP contribution is 2.39. The molecule has 0 bridgehead atoms. The number of ether oxygens (including phenoxy) is 1. The van der Waals surface area contributed by atoms with Crippen LogP contribution >= 0.6 is 11.3 Å². The Morgan fingerprint density at radius 3 is 2.48 bits per heavy atom. The Bertz CT molecular complexity index is 2560. The molecule has 61 heavy (non-hydrogen) atoms. The van der Waals surface area contributed by atoms with Crippen LogP contribution in [-0.4, -0.2) is 85.1 Å². The lowest BCUT2D eigenvalue weighted by atomic mass is 9.88. The number of β-amino-alcohol motifs (C(OH)–C–C–N with tert-alkyl or cyclic N) is 1. The first kappa shape index (κ1) is 40.6. The zero-order valence-corrected chi connectivity index (χ0v) is 34.4. The number of anilines is 3. The van der Waals surface area contributed by atoms with Crippen molar-refractivity contribution in [3.8, 4) is 11.4 Å². The average Bonchev–Trinajstić information content (AvgIpc) is 3.93. The molecule has 1 unspecified atom stereocenters. The molecule has 2 fully saturated rings. The van der Waals surface area contributed by atoms with Crippen LogP contribution in [0, 0.1) is 17.6 Å². The number of nitrogen functional groups attached to an aromatic ring is 1. The molecule has 9 rings (SSSR count). The van der Waals surface area contributed by atoms with Gasteiger partial charge in [0, 0.05) is 53.3 Å². The van der Waals surface area contributed by atoms with Gasteiger partial charge in [0.15, 0.2) is 5.82 Å². The van der Waals surface area contributed by atoms with E-state index in [1.807, 2.05) is 47.4 Å². The van der Waals surface area contributed by atoms with Crippen LogP contribution in [0.15, 0.2) is 90.2 Å². The van der Waals surface area contributed by atoms with Crippen LogP contribution in [0.5, 0.6) is 5.75 Å². The van der Waals surface area contributed by atoms with E-state index in [1.165, 1.54) is 34.7 Å². The molecule has 5 N–H and O–H groups in total. The number of halogens is 2. The molecular weight excluding hydrogens is 803 g/mol. The second kappa shape index (κ2) is 17.3. The molecule has 1 saturated heterocycles. The Hall–Kier alpha value is -5.75. The fourth-order valence-electron chi connectivity index (χ4n) is 9.00. The topological polar surface area (TPSA) is 169 Å². The number of aliphatic hydroxyl groups is 1. The fraction of sp³-hybridized carbons (Fsp3) is 0.386. The van der Waals surface area contributed by atoms with Crippen LogP contribution in [0.3, 0.4) is 0 Å². The molecule has 5 heterocycles. The van der Waals surface area contributed by atoms with Crippen molar-refractivity contribution in [2.24, 2.45) is 5.92 Å². The summed E-state index contributed by atoms with van der Waals surface area (Å²) in [5.74, 6) is -0.975. The third-order valence-electron chi connectivity index (χ3n) is 12.2. The molecule has 0 radical (unpaired) electrons. The highest BCUT2D eigenvalue weighted by molar-refractivity contribution is 7.18. The molecule has 2 aliphatic heterocycles. The highest BCUT2D eigenvalue weighted by Gasteiger charge is 2.38. The summed E-state index contributed by atoms with van der Waals surface area (Å²) in [6, 6.07) is 21.4. The maximum absolute atomic E-state index is 14.9. The van der Waals surface area contributed by atoms with Gasteiger partial charge in [-0.2, -0.15) is 5.10 Å². The third kappa shape index (κ3) is 8.73. The summed E-state index contributed by atoms with van der Waals surface area (Å²) in [5.41, 5.74) is 7.42. The largest absolute Gasteiger partial charge is 0.490 e. The Morgan fingerprint density at radius 1 is 0.934 bits per heavy atom. The number of aromatic nitrogens is 5. The van der Waals surface area contributed by atoms with Gasteiger partial charge >= 0.3 is 0 Å². The van der Waals surface area contributed by atoms with E-state index in [9.17, 15) is 23.5 Å². The second-order valence-electron chi connectivity index (χ2n) is 16.3. The van der Waals surface area contributed by atoms with Crippen LogP contribution in [-0.2, 0) is 23.5 Å². The van der Waals surface area contributed by atoms with Crippen molar-refractivity contribution in [1.29, 1.82) is 0 Å². The molecule has 0 spiro atoms. The maximum Gasteiger partial charge on any atom is 0.298 e. The van der Waals surface area contributed by atoms with E-state index >= 15 is 0 Å². The molecular formula is C44H48F2N10O4S. The van der Waals surface area contributed by atoms with Crippen molar-refractivity contribution < 1.29 is 23.4 Å². The predicted octanol–water partition coefficient (Wildman–Crippen LogP) is 5.25. The minimum absolute atomic E-state index is 0.0143. The Morgan fingerprint density at radius 2 is 1.72 bits per heavy atom. The van der Waals surface area contributed by atoms with Gasteiger partial charge in [-0.25, -0.2) is 23.4 Å². The van der Waals surface area contributed by atoms with Crippen molar-refractivity contribution in [2.75, 3.05) is 43.4 Å². The number of amides is 1. The smallest absolute Gasteiger partial charge is 0.298 e. The predicted molar refractivity (Wildman–Crippen MR) is 229 cm³/mol. The molecule has 3 aliphatic rings. The highest BCUT2D eigenvalue weighted by atomic mass is 32.1. The molecule has 6 aromatic rings. The van der Waals surface area contributed by atoms with E-state index in [4.69, 9.17) is 10.5 Å². The molecule has 1 atom stereocenters. The zero-order valence-electron chi connectivity index (χ0n) is 33.6. The van der Waals surface area contributed by atoms with Crippen LogP contribution in [0.4, 0.5) is 26.0 Å². The van der Waals surface area contributed by atoms with Gasteiger partial charge in [-0.1, -0.05) is 24.3 Å². The van der Waals surface area contributed by atoms with Gasteiger partial charge in [0.05, 0.1) is 30.0 Å². The number of likely N-dealkylation sites (tertiary alicyclic amines) is 1. The van der Waals surface area contributed by atoms with E-state index < -0.39 is 17.2 Å². The number of nitrogens with zero attached hydrogens (tertiary/aromatic N) is 7. The molecule has 1 saturated carbocycles. The lowest BCUT2D eigenvalue weighted by molar-refractivity contribution is -0.127. The SMILES string of the molecule is Nc1nc2sc(CNC3CCC(NC(=O)C4CCN(CC(O)(Cn5cncn5)c5ccc(F)cc5F)CC4)CC3)cc2n(-c2ccc3c(c2)N(c2ccccc2)CCO3)c1=O. The van der Waals surface area contributed by atoms with Gasteiger partial charge in [0.25, 0.3) is 5.56 Å². The number of carbonyl (C=O) groups excluding carboxylic acids is 1. The monoisotopic (exact) mass is 850 g/mol. The molecule has 318 valence electrons. The third-order valence-corrected chi connectivity index (χ3v) is 13.2. The number of nitrogens with one attached hydrogen (secondary N) is 2. The molecule has 1 aliphatic carbocycles. The Labute approximate surface area is 355 Å². The van der Waals surface area contributed by atoms with Crippen LogP contribution in [0.2, 0.25) is 0 Å². The lowest BCUT2D eigenvalue weighted by Gasteiger charge is -2.38. The fourth-order valence-corrected chi connectivity index (χ4v) is 9.98. The van der Waals surface area contributed by atoms with Gasteiger partial charge in [0.1, 0.15) is 47.1 Å². The van der Waals surface area contributed by atoms with Crippen molar-refractivity contribution >= 4 is 44.8 Å². The van der Waals surface area contributed by atoms with Gasteiger partial charge in [-0.15, -0.1) is 11.3 Å². The van der Waals surface area contributed by atoms with E-state index in [0.29, 0.717) is 61.7 Å². The number of carbonyl (C=O) groups is 1. The van der Waals surface area contributed by atoms with E-state index in [1.54, 1.807) is 4.57 Å². The van der Waals surface area contributed by atoms with Crippen LogP contribution in [0.25, 0.3) is 16.0 Å². The number of benzene rings is 3. The Balaban J connectivity index is 0.783. The molecule has 14 nitrogen and oxygen atoms in total. The molecule has 17 heteroatoms. The lowest BCUT2D eigenvalue weighted by Crippen LogP contribution is -2.50. The summed E-state index contributed by atoms with van der Waals surface area (Å²) >= 11 is 1.51. The molecule has 3 aromatic heterocycles. The Kier molecular flexibility index (Phi) is 11.5. The van der Waals surface area contributed by atoms with Crippen molar-refractivity contribution in [1.82, 2.24) is 39.8 Å². The first-order chi connectivity index (χ1) is 29.6. The van der Waals surface area contributed by atoms with E-state index in [2.05, 4.69) is 42.7 Å². The number of rotatable bonds is 12. The van der Waals surface area contributed by atoms with Crippen LogP contribution in [0.1, 0.15) is 49.0 Å². The van der Waals surface area contributed by atoms with E-state index in [0.717, 1.165) is 59.8 Å². The summed E-state index contributed by atoms with van der Waals surface area (Å²) in [6.45, 7) is 2.96. The van der Waals surface area contributed by atoms with E-state index in [-0.39, 0.29) is 53.9 Å². The van der Waals surface area contributed by atoms with Gasteiger partial charge in [-0.05, 0) is 94.1 Å². The number of piperidine rings is 1. The minimum Gasteiger partial charge on any atom is -0.490 e. The maximum atomic E-state index is 14.9. The molecule has 3 aromatic carbocycles. The number of hydrogen-bond donors (Lipinski definition) is 4. The van der Waals surface area contributed by atoms with Crippen molar-refractivity contribution in [3.63, 3.8) is 0 Å². The van der Waals surface area contributed by atoms with Crippen molar-refractivity contribution in [2.45, 2.75) is 69.3 Å². The normalized spacial score (nSPS) is 19.6. The standard InChI is InChI=1S/C44H48F2N10O4S/c45-29-6-12-35(36(46)20-29)44(59,25-54-27-48-26-50-54)24-53-16-14-28(15-17-53)41(57)51-31-9-7-30(8-10-31)49-23-34-22-38-42(61-34)52-40(47)43(58)56(38)33-11-13-39-37(21-33)55(18-19-60-39)32-4-2-1-3-5-32/h1-6,11-13,20-22,26-28,30-31,49,59H,7-10,14-19,23-25H2,(H2,47,52)(H,51,57). The average molecular weight is 851 g/mol. The first-order valence-corrected chi connectivity index (χ1v) is 21.6. The number of hydrogen-bond acceptors (Lipinski definition) is 12. The number of nitrogens with two attached hydrogens (primary N) is 1. The summed E-state index contributed by atoms with van der Waals surface area (Å²) in [5, 5.41) is 22.8. The second-order valence-corrected chi connectivity index (χ2v) is 17.4. The quantitative estimate of drug-likeness (QED) is 0.127. The van der Waals surface area contributed by atoms with Gasteiger partial charge in [-0.3, -0.25) is 14.2 Å². The number of thiophene rings is 1. The van der Waals surface area contributed by atoms with Gasteiger partial charge in [0.2, 0.25) is 5.91 Å². The number of para-hydroxylation sites is 1. The minimum atomic E-state index is -1.69. The van der Waals surface area contributed by atoms with Gasteiger partial charge < -0.3 is 36.0 Å². The van der Waals surface area contributed by atoms with Crippen LogP contribution < -0.4 is 31.6 Å². The first-order valence-electron chi connectivity index (χ1n) is 20.8. The molecule has 1 amide bonds. The summed E-state index contributed by atoms with van der Waals surface area (Å²) in [4.78, 5) is 41.3. The summed E-state index contributed by atoms with van der Waals surface area (Å²) in [7, 11) is 0. The summed E-state index contributed by atoms with van der Waals surface area (Å²) < 4.78 is 37.7. The van der Waals surface area contributed by atoms with Crippen molar-refractivity contribution in [3.05, 3.63) is 118 Å². The number of fused-ring (bicyclic) bond motifs is 2. The zero-order chi connectivity index (χ0) is 42.1. The summed E-state index contributed by atoms with van der Waals surface area (Å²) in [6.07, 6.45) is 7.50.